The molecule has 0 bridgehead atoms. The van der Waals surface area contributed by atoms with Crippen LogP contribution in [0.15, 0.2) is 48.5 Å². The van der Waals surface area contributed by atoms with Gasteiger partial charge in [0.1, 0.15) is 11.5 Å². The van der Waals surface area contributed by atoms with Gasteiger partial charge in [-0.3, -0.25) is 4.79 Å². The molecule has 0 aliphatic heterocycles. The SMILES string of the molecule is CC(CCC(CC(=O)O)C(C)(C)O)(c1ccc(O)cc1)c1ccc(O)cc1. The van der Waals surface area contributed by atoms with Gasteiger partial charge in [-0.1, -0.05) is 31.2 Å². The average molecular weight is 372 g/mol. The maximum atomic E-state index is 11.2. The van der Waals surface area contributed by atoms with Crippen LogP contribution in [-0.2, 0) is 10.2 Å². The highest BCUT2D eigenvalue weighted by molar-refractivity contribution is 5.67. The number of benzene rings is 2. The van der Waals surface area contributed by atoms with Crippen molar-refractivity contribution in [2.45, 2.75) is 51.0 Å². The van der Waals surface area contributed by atoms with E-state index in [1.165, 1.54) is 0 Å². The summed E-state index contributed by atoms with van der Waals surface area (Å²) in [5.74, 6) is -0.985. The lowest BCUT2D eigenvalue weighted by atomic mass is 9.70. The van der Waals surface area contributed by atoms with Crippen LogP contribution in [0.5, 0.6) is 11.5 Å². The molecule has 27 heavy (non-hydrogen) atoms. The molecule has 5 heteroatoms. The summed E-state index contributed by atoms with van der Waals surface area (Å²) >= 11 is 0. The zero-order valence-corrected chi connectivity index (χ0v) is 16.0. The zero-order chi connectivity index (χ0) is 20.2. The summed E-state index contributed by atoms with van der Waals surface area (Å²) in [7, 11) is 0. The second-order valence-electron chi connectivity index (χ2n) is 7.91. The van der Waals surface area contributed by atoms with Gasteiger partial charge in [0.05, 0.1) is 12.0 Å². The highest BCUT2D eigenvalue weighted by atomic mass is 16.4. The predicted molar refractivity (Wildman–Crippen MR) is 104 cm³/mol. The lowest BCUT2D eigenvalue weighted by molar-refractivity contribution is -0.140. The van der Waals surface area contributed by atoms with Crippen LogP contribution in [0.3, 0.4) is 0 Å². The van der Waals surface area contributed by atoms with Crippen molar-refractivity contribution in [1.29, 1.82) is 0 Å². The van der Waals surface area contributed by atoms with Gasteiger partial charge >= 0.3 is 5.97 Å². The molecule has 0 radical (unpaired) electrons. The highest BCUT2D eigenvalue weighted by Gasteiger charge is 2.34. The monoisotopic (exact) mass is 372 g/mol. The van der Waals surface area contributed by atoms with Crippen molar-refractivity contribution in [3.05, 3.63) is 59.7 Å². The maximum Gasteiger partial charge on any atom is 0.303 e. The molecule has 0 aliphatic rings. The number of rotatable bonds is 8. The number of carboxylic acids is 1. The third-order valence-electron chi connectivity index (χ3n) is 5.42. The zero-order valence-electron chi connectivity index (χ0n) is 16.0. The molecule has 146 valence electrons. The van der Waals surface area contributed by atoms with E-state index in [0.717, 1.165) is 11.1 Å². The van der Waals surface area contributed by atoms with Crippen LogP contribution in [0.1, 0.15) is 51.2 Å². The number of aliphatic hydroxyl groups is 1. The molecule has 0 aliphatic carbocycles. The van der Waals surface area contributed by atoms with Crippen molar-refractivity contribution in [1.82, 2.24) is 0 Å². The standard InChI is InChI=1S/C22H28O5/c1-21(2,27)17(14-20(25)26)12-13-22(3,15-4-8-18(23)9-5-15)16-6-10-19(24)11-7-16/h4-11,17,23-24,27H,12-14H2,1-3H3,(H,25,26). The molecule has 4 N–H and O–H groups in total. The molecule has 0 amide bonds. The van der Waals surface area contributed by atoms with E-state index in [-0.39, 0.29) is 17.9 Å². The fraction of sp³-hybridized carbons (Fsp3) is 0.409. The number of hydrogen-bond donors (Lipinski definition) is 4. The Hall–Kier alpha value is -2.53. The Morgan fingerprint density at radius 1 is 0.889 bits per heavy atom. The molecule has 2 rings (SSSR count). The van der Waals surface area contributed by atoms with E-state index in [9.17, 15) is 25.2 Å². The molecule has 5 nitrogen and oxygen atoms in total. The van der Waals surface area contributed by atoms with E-state index in [4.69, 9.17) is 0 Å². The third kappa shape index (κ3) is 5.23. The number of carboxylic acid groups (broad SMARTS) is 1. The lowest BCUT2D eigenvalue weighted by Crippen LogP contribution is -2.35. The minimum Gasteiger partial charge on any atom is -0.508 e. The first kappa shape index (κ1) is 20.8. The van der Waals surface area contributed by atoms with E-state index in [1.807, 2.05) is 31.2 Å². The number of phenols is 2. The van der Waals surface area contributed by atoms with Crippen molar-refractivity contribution < 1.29 is 25.2 Å². The van der Waals surface area contributed by atoms with Crippen molar-refractivity contribution >= 4 is 5.97 Å². The molecule has 1 atom stereocenters. The second-order valence-corrected chi connectivity index (χ2v) is 7.91. The number of carbonyl (C=O) groups is 1. The van der Waals surface area contributed by atoms with Gasteiger partial charge in [0.2, 0.25) is 0 Å². The average Bonchev–Trinajstić information content (AvgIpc) is 2.58. The summed E-state index contributed by atoms with van der Waals surface area (Å²) < 4.78 is 0. The fourth-order valence-corrected chi connectivity index (χ4v) is 3.49. The number of hydrogen-bond acceptors (Lipinski definition) is 4. The van der Waals surface area contributed by atoms with Crippen LogP contribution in [0, 0.1) is 5.92 Å². The van der Waals surface area contributed by atoms with Crippen molar-refractivity contribution in [2.24, 2.45) is 5.92 Å². The smallest absolute Gasteiger partial charge is 0.303 e. The Labute approximate surface area is 159 Å². The van der Waals surface area contributed by atoms with E-state index < -0.39 is 22.9 Å². The molecule has 0 heterocycles. The van der Waals surface area contributed by atoms with Gasteiger partial charge in [-0.2, -0.15) is 0 Å². The van der Waals surface area contributed by atoms with Gasteiger partial charge < -0.3 is 20.4 Å². The Kier molecular flexibility index (Phi) is 6.16. The third-order valence-corrected chi connectivity index (χ3v) is 5.42. The topological polar surface area (TPSA) is 98.0 Å². The summed E-state index contributed by atoms with van der Waals surface area (Å²) in [5.41, 5.74) is 0.360. The van der Waals surface area contributed by atoms with Gasteiger partial charge in [0, 0.05) is 5.41 Å². The van der Waals surface area contributed by atoms with Gasteiger partial charge in [-0.15, -0.1) is 0 Å². The number of phenolic OH excluding ortho intramolecular Hbond substituents is 2. The molecule has 0 aromatic heterocycles. The molecule has 0 fully saturated rings. The summed E-state index contributed by atoms with van der Waals surface area (Å²) in [5, 5.41) is 38.9. The minimum atomic E-state index is -1.11. The first-order valence-electron chi connectivity index (χ1n) is 9.05. The first-order chi connectivity index (χ1) is 12.5. The van der Waals surface area contributed by atoms with Gasteiger partial charge in [-0.05, 0) is 68.0 Å². The van der Waals surface area contributed by atoms with Crippen LogP contribution in [0.2, 0.25) is 0 Å². The van der Waals surface area contributed by atoms with Crippen molar-refractivity contribution in [3.8, 4) is 11.5 Å². The number of aromatic hydroxyl groups is 2. The predicted octanol–water partition coefficient (Wildman–Crippen LogP) is 4.05. The van der Waals surface area contributed by atoms with E-state index >= 15 is 0 Å². The van der Waals surface area contributed by atoms with Crippen LogP contribution in [-0.4, -0.2) is 32.0 Å². The Morgan fingerprint density at radius 2 is 1.30 bits per heavy atom. The largest absolute Gasteiger partial charge is 0.508 e. The first-order valence-corrected chi connectivity index (χ1v) is 9.05. The number of aliphatic carboxylic acids is 1. The summed E-state index contributed by atoms with van der Waals surface area (Å²) in [6.07, 6.45) is 1.00. The maximum absolute atomic E-state index is 11.2. The van der Waals surface area contributed by atoms with Crippen LogP contribution >= 0.6 is 0 Å². The molecule has 0 saturated carbocycles. The van der Waals surface area contributed by atoms with Gasteiger partial charge in [-0.25, -0.2) is 0 Å². The van der Waals surface area contributed by atoms with Crippen LogP contribution < -0.4 is 0 Å². The Bertz CT molecular complexity index is 711. The molecule has 0 saturated heterocycles. The molecule has 2 aromatic carbocycles. The Balaban J connectivity index is 2.39. The van der Waals surface area contributed by atoms with Gasteiger partial charge in [0.25, 0.3) is 0 Å². The van der Waals surface area contributed by atoms with Crippen LogP contribution in [0.4, 0.5) is 0 Å². The van der Waals surface area contributed by atoms with Crippen molar-refractivity contribution in [2.75, 3.05) is 0 Å². The van der Waals surface area contributed by atoms with Gasteiger partial charge in [0.15, 0.2) is 0 Å². The normalized spacial score (nSPS) is 13.3. The summed E-state index contributed by atoms with van der Waals surface area (Å²) in [4.78, 5) is 11.2. The quantitative estimate of drug-likeness (QED) is 0.560. The molecule has 2 aromatic rings. The van der Waals surface area contributed by atoms with E-state index in [1.54, 1.807) is 38.1 Å². The molecular formula is C22H28O5. The van der Waals surface area contributed by atoms with E-state index in [0.29, 0.717) is 12.8 Å². The summed E-state index contributed by atoms with van der Waals surface area (Å²) in [6, 6.07) is 13.9. The second kappa shape index (κ2) is 8.01. The van der Waals surface area contributed by atoms with Crippen LogP contribution in [0.25, 0.3) is 0 Å². The fourth-order valence-electron chi connectivity index (χ4n) is 3.49. The summed E-state index contributed by atoms with van der Waals surface area (Å²) in [6.45, 7) is 5.33. The van der Waals surface area contributed by atoms with Crippen molar-refractivity contribution in [3.63, 3.8) is 0 Å². The molecular weight excluding hydrogens is 344 g/mol. The Morgan fingerprint density at radius 3 is 1.63 bits per heavy atom. The highest BCUT2D eigenvalue weighted by Crippen LogP contribution is 2.40. The molecule has 0 spiro atoms. The molecule has 1 unspecified atom stereocenters. The lowest BCUT2D eigenvalue weighted by Gasteiger charge is -2.35. The van der Waals surface area contributed by atoms with E-state index in [2.05, 4.69) is 0 Å². The minimum absolute atomic E-state index is 0.106.